The van der Waals surface area contributed by atoms with E-state index in [1.165, 1.54) is 12.8 Å². The van der Waals surface area contributed by atoms with Gasteiger partial charge in [-0.1, -0.05) is 5.16 Å². The molecule has 0 saturated heterocycles. The average molecular weight is 238 g/mol. The molecule has 1 N–H and O–H groups in total. The van der Waals surface area contributed by atoms with Crippen molar-refractivity contribution in [2.75, 3.05) is 0 Å². The number of aliphatic hydroxyl groups excluding tert-OH is 1. The lowest BCUT2D eigenvalue weighted by Crippen LogP contribution is -2.24. The predicted octanol–water partition coefficient (Wildman–Crippen LogP) is 1.77. The van der Waals surface area contributed by atoms with Crippen molar-refractivity contribution in [2.45, 2.75) is 63.3 Å². The molecule has 17 heavy (non-hydrogen) atoms. The Morgan fingerprint density at radius 3 is 2.65 bits per heavy atom. The Bertz CT molecular complexity index is 368. The monoisotopic (exact) mass is 238 g/mol. The van der Waals surface area contributed by atoms with Gasteiger partial charge in [0.2, 0.25) is 5.89 Å². The van der Waals surface area contributed by atoms with Crippen LogP contribution in [0.1, 0.15) is 56.2 Å². The number of nitrogens with zero attached hydrogens (tertiary/aromatic N) is 2. The van der Waals surface area contributed by atoms with Gasteiger partial charge in [-0.15, -0.1) is 0 Å². The molecule has 1 heterocycles. The number of rotatable bonds is 4. The van der Waals surface area contributed by atoms with Crippen molar-refractivity contribution < 1.29 is 14.4 Å². The lowest BCUT2D eigenvalue weighted by molar-refractivity contribution is -0.0147. The van der Waals surface area contributed by atoms with Crippen LogP contribution >= 0.6 is 0 Å². The molecule has 2 saturated carbocycles. The van der Waals surface area contributed by atoms with E-state index in [1.807, 2.05) is 0 Å². The Kier molecular flexibility index (Phi) is 3.11. The molecule has 1 aromatic heterocycles. The molecule has 3 rings (SSSR count). The molecule has 5 heteroatoms. The fourth-order valence-electron chi connectivity index (χ4n) is 2.23. The minimum Gasteiger partial charge on any atom is -0.393 e. The highest BCUT2D eigenvalue weighted by atomic mass is 16.5. The first-order valence-corrected chi connectivity index (χ1v) is 6.43. The predicted molar refractivity (Wildman–Crippen MR) is 59.3 cm³/mol. The van der Waals surface area contributed by atoms with Gasteiger partial charge < -0.3 is 14.4 Å². The highest BCUT2D eigenvalue weighted by Gasteiger charge is 2.29. The maximum absolute atomic E-state index is 9.39. The van der Waals surface area contributed by atoms with Crippen molar-refractivity contribution in [2.24, 2.45) is 0 Å². The van der Waals surface area contributed by atoms with Crippen LogP contribution in [0.2, 0.25) is 0 Å². The lowest BCUT2D eigenvalue weighted by Gasteiger charge is -2.24. The first kappa shape index (κ1) is 11.2. The van der Waals surface area contributed by atoms with E-state index in [-0.39, 0.29) is 12.2 Å². The van der Waals surface area contributed by atoms with E-state index in [4.69, 9.17) is 9.26 Å². The second kappa shape index (κ2) is 4.74. The summed E-state index contributed by atoms with van der Waals surface area (Å²) < 4.78 is 10.9. The van der Waals surface area contributed by atoms with Crippen molar-refractivity contribution in [3.8, 4) is 0 Å². The summed E-state index contributed by atoms with van der Waals surface area (Å²) in [6.45, 7) is 0.428. The molecule has 0 bridgehead atoms. The molecule has 0 unspecified atom stereocenters. The standard InChI is InChI=1S/C12H18N2O3/c15-9-3-5-10(6-4-9)16-7-11-13-12(17-14-11)8-1-2-8/h8-10,15H,1-7H2. The quantitative estimate of drug-likeness (QED) is 0.865. The third-order valence-corrected chi connectivity index (χ3v) is 3.50. The molecule has 0 spiro atoms. The van der Waals surface area contributed by atoms with Gasteiger partial charge in [0.05, 0.1) is 12.2 Å². The molecular formula is C12H18N2O3. The molecular weight excluding hydrogens is 220 g/mol. The highest BCUT2D eigenvalue weighted by Crippen LogP contribution is 2.38. The number of hydrogen-bond donors (Lipinski definition) is 1. The summed E-state index contributed by atoms with van der Waals surface area (Å²) in [5, 5.41) is 13.3. The second-order valence-corrected chi connectivity index (χ2v) is 5.06. The minimum absolute atomic E-state index is 0.138. The van der Waals surface area contributed by atoms with E-state index >= 15 is 0 Å². The van der Waals surface area contributed by atoms with Crippen LogP contribution in [0, 0.1) is 0 Å². The van der Waals surface area contributed by atoms with Crippen LogP contribution in [0.25, 0.3) is 0 Å². The van der Waals surface area contributed by atoms with Crippen molar-refractivity contribution >= 4 is 0 Å². The molecule has 5 nitrogen and oxygen atoms in total. The van der Waals surface area contributed by atoms with E-state index in [1.54, 1.807) is 0 Å². The third-order valence-electron chi connectivity index (χ3n) is 3.50. The van der Waals surface area contributed by atoms with Crippen molar-refractivity contribution in [1.82, 2.24) is 10.1 Å². The molecule has 0 aromatic carbocycles. The molecule has 0 radical (unpaired) electrons. The van der Waals surface area contributed by atoms with Crippen LogP contribution in [-0.2, 0) is 11.3 Å². The first-order valence-electron chi connectivity index (χ1n) is 6.43. The van der Waals surface area contributed by atoms with E-state index in [0.29, 0.717) is 18.3 Å². The highest BCUT2D eigenvalue weighted by molar-refractivity contribution is 5.01. The molecule has 2 aliphatic rings. The third kappa shape index (κ3) is 2.84. The van der Waals surface area contributed by atoms with Gasteiger partial charge in [-0.2, -0.15) is 4.98 Å². The van der Waals surface area contributed by atoms with Gasteiger partial charge in [-0.05, 0) is 38.5 Å². The largest absolute Gasteiger partial charge is 0.393 e. The van der Waals surface area contributed by atoms with Crippen LogP contribution in [0.5, 0.6) is 0 Å². The number of aromatic nitrogens is 2. The van der Waals surface area contributed by atoms with E-state index in [2.05, 4.69) is 10.1 Å². The maximum Gasteiger partial charge on any atom is 0.229 e. The molecule has 0 atom stereocenters. The van der Waals surface area contributed by atoms with Crippen molar-refractivity contribution in [1.29, 1.82) is 0 Å². The fraction of sp³-hybridized carbons (Fsp3) is 0.833. The SMILES string of the molecule is OC1CCC(OCc2noc(C3CC3)n2)CC1. The van der Waals surface area contributed by atoms with Gasteiger partial charge in [0, 0.05) is 5.92 Å². The molecule has 94 valence electrons. The van der Waals surface area contributed by atoms with Gasteiger partial charge in [0.25, 0.3) is 0 Å². The van der Waals surface area contributed by atoms with Gasteiger partial charge in [-0.25, -0.2) is 0 Å². The molecule has 0 aliphatic heterocycles. The second-order valence-electron chi connectivity index (χ2n) is 5.06. The average Bonchev–Trinajstić information content (AvgIpc) is 3.09. The van der Waals surface area contributed by atoms with Crippen LogP contribution in [0.4, 0.5) is 0 Å². The van der Waals surface area contributed by atoms with Gasteiger partial charge >= 0.3 is 0 Å². The summed E-state index contributed by atoms with van der Waals surface area (Å²) in [7, 11) is 0. The van der Waals surface area contributed by atoms with E-state index < -0.39 is 0 Å². The van der Waals surface area contributed by atoms with Crippen molar-refractivity contribution in [3.05, 3.63) is 11.7 Å². The maximum atomic E-state index is 9.39. The summed E-state index contributed by atoms with van der Waals surface area (Å²) in [4.78, 5) is 4.32. The van der Waals surface area contributed by atoms with Crippen LogP contribution in [-0.4, -0.2) is 27.5 Å². The number of ether oxygens (including phenoxy) is 1. The normalized spacial score (nSPS) is 29.5. The zero-order valence-electron chi connectivity index (χ0n) is 9.84. The lowest BCUT2D eigenvalue weighted by atomic mass is 9.95. The van der Waals surface area contributed by atoms with Crippen LogP contribution < -0.4 is 0 Å². The smallest absolute Gasteiger partial charge is 0.229 e. The summed E-state index contributed by atoms with van der Waals surface area (Å²) in [5.41, 5.74) is 0. The Morgan fingerprint density at radius 1 is 1.18 bits per heavy atom. The minimum atomic E-state index is -0.138. The number of hydrogen-bond acceptors (Lipinski definition) is 5. The Balaban J connectivity index is 1.46. The molecule has 1 aromatic rings. The van der Waals surface area contributed by atoms with Crippen LogP contribution in [0.3, 0.4) is 0 Å². The first-order chi connectivity index (χ1) is 8.31. The summed E-state index contributed by atoms with van der Waals surface area (Å²) in [6.07, 6.45) is 5.96. The zero-order valence-corrected chi connectivity index (χ0v) is 9.84. The molecule has 0 amide bonds. The van der Waals surface area contributed by atoms with Gasteiger partial charge in [0.15, 0.2) is 5.82 Å². The van der Waals surface area contributed by atoms with Gasteiger partial charge in [0.1, 0.15) is 6.61 Å². The van der Waals surface area contributed by atoms with Gasteiger partial charge in [-0.3, -0.25) is 0 Å². The van der Waals surface area contributed by atoms with Crippen LogP contribution in [0.15, 0.2) is 4.52 Å². The molecule has 2 aliphatic carbocycles. The van der Waals surface area contributed by atoms with E-state index in [9.17, 15) is 5.11 Å². The summed E-state index contributed by atoms with van der Waals surface area (Å²) in [5.74, 6) is 1.92. The summed E-state index contributed by atoms with van der Waals surface area (Å²) in [6, 6.07) is 0. The number of aliphatic hydroxyl groups is 1. The Labute approximate surface area is 100 Å². The van der Waals surface area contributed by atoms with E-state index in [0.717, 1.165) is 31.6 Å². The summed E-state index contributed by atoms with van der Waals surface area (Å²) >= 11 is 0. The topological polar surface area (TPSA) is 68.4 Å². The Hall–Kier alpha value is -0.940. The molecule has 2 fully saturated rings. The fourth-order valence-corrected chi connectivity index (χ4v) is 2.23. The Morgan fingerprint density at radius 2 is 1.94 bits per heavy atom. The zero-order chi connectivity index (χ0) is 11.7. The van der Waals surface area contributed by atoms with Crippen molar-refractivity contribution in [3.63, 3.8) is 0 Å².